The van der Waals surface area contributed by atoms with Gasteiger partial charge in [-0.1, -0.05) is 30.3 Å². The number of rotatable bonds is 4. The fourth-order valence-corrected chi connectivity index (χ4v) is 3.36. The number of aromatic nitrogens is 1. The Hall–Kier alpha value is -1.37. The molecule has 0 atom stereocenters. The number of hydrogen-bond donors (Lipinski definition) is 1. The lowest BCUT2D eigenvalue weighted by Crippen LogP contribution is -2.13. The molecule has 1 heterocycles. The third-order valence-corrected chi connectivity index (χ3v) is 4.41. The minimum Gasteiger partial charge on any atom is -0.249 e. The van der Waals surface area contributed by atoms with Gasteiger partial charge in [0.05, 0.1) is 0 Å². The van der Waals surface area contributed by atoms with Crippen LogP contribution in [0.3, 0.4) is 0 Å². The van der Waals surface area contributed by atoms with E-state index in [1.54, 1.807) is 12.3 Å². The highest BCUT2D eigenvalue weighted by Crippen LogP contribution is 2.26. The predicted molar refractivity (Wildman–Crippen MR) is 71.6 cm³/mol. The van der Waals surface area contributed by atoms with Gasteiger partial charge in [-0.05, 0) is 17.7 Å². The van der Waals surface area contributed by atoms with Gasteiger partial charge in [-0.2, -0.15) is 0 Å². The minimum absolute atomic E-state index is 0.0749. The molecular weight excluding hydrogens is 268 g/mol. The van der Waals surface area contributed by atoms with Gasteiger partial charge in [0, 0.05) is 11.9 Å². The Morgan fingerprint density at radius 2 is 1.83 bits per heavy atom. The zero-order valence-electron chi connectivity index (χ0n) is 9.48. The van der Waals surface area contributed by atoms with Crippen LogP contribution in [0.25, 0.3) is 0 Å². The van der Waals surface area contributed by atoms with Gasteiger partial charge < -0.3 is 0 Å². The summed E-state index contributed by atoms with van der Waals surface area (Å²) in [4.78, 5) is 4.14. The van der Waals surface area contributed by atoms with Crippen LogP contribution in [0.4, 0.5) is 0 Å². The van der Waals surface area contributed by atoms with E-state index >= 15 is 0 Å². The van der Waals surface area contributed by atoms with Crippen molar-refractivity contribution in [2.45, 2.75) is 15.7 Å². The molecular formula is C12H12N2O2S2. The van der Waals surface area contributed by atoms with Gasteiger partial charge in [0.25, 0.3) is 0 Å². The Bertz CT molecular complexity index is 628. The van der Waals surface area contributed by atoms with E-state index in [9.17, 15) is 8.42 Å². The van der Waals surface area contributed by atoms with Crippen molar-refractivity contribution in [3.05, 3.63) is 54.2 Å². The van der Waals surface area contributed by atoms with E-state index in [1.807, 2.05) is 30.3 Å². The van der Waals surface area contributed by atoms with Crippen LogP contribution in [0.2, 0.25) is 0 Å². The van der Waals surface area contributed by atoms with Crippen molar-refractivity contribution in [1.29, 1.82) is 0 Å². The summed E-state index contributed by atoms with van der Waals surface area (Å²) >= 11 is 1.36. The molecule has 0 fully saturated rings. The number of sulfonamides is 1. The topological polar surface area (TPSA) is 73.1 Å². The molecule has 4 nitrogen and oxygen atoms in total. The Morgan fingerprint density at radius 3 is 2.50 bits per heavy atom. The first kappa shape index (κ1) is 13.1. The summed E-state index contributed by atoms with van der Waals surface area (Å²) in [7, 11) is -3.72. The maximum atomic E-state index is 11.4. The maximum Gasteiger partial charge on any atom is 0.240 e. The number of primary sulfonamides is 1. The predicted octanol–water partition coefficient (Wildman–Crippen LogP) is 2.02. The number of nitrogens with zero attached hydrogens (tertiary/aromatic N) is 1. The molecule has 2 aromatic rings. The molecule has 0 saturated carbocycles. The van der Waals surface area contributed by atoms with Gasteiger partial charge in [-0.25, -0.2) is 18.5 Å². The zero-order chi connectivity index (χ0) is 13.0. The molecule has 0 bridgehead atoms. The van der Waals surface area contributed by atoms with Crippen LogP contribution in [0.15, 0.2) is 58.6 Å². The Labute approximate surface area is 110 Å². The molecule has 0 aliphatic rings. The van der Waals surface area contributed by atoms with Crippen molar-refractivity contribution in [3.63, 3.8) is 0 Å². The highest BCUT2D eigenvalue weighted by Gasteiger charge is 2.14. The maximum absolute atomic E-state index is 11.4. The third-order valence-electron chi connectivity index (χ3n) is 2.26. The SMILES string of the molecule is NS(=O)(=O)c1cccnc1SCc1ccccc1. The van der Waals surface area contributed by atoms with E-state index in [4.69, 9.17) is 5.14 Å². The molecule has 0 saturated heterocycles. The van der Waals surface area contributed by atoms with E-state index in [0.29, 0.717) is 10.8 Å². The monoisotopic (exact) mass is 280 g/mol. The molecule has 0 radical (unpaired) electrons. The highest BCUT2D eigenvalue weighted by atomic mass is 32.2. The summed E-state index contributed by atoms with van der Waals surface area (Å²) < 4.78 is 22.8. The molecule has 1 aromatic heterocycles. The number of thioether (sulfide) groups is 1. The molecule has 6 heteroatoms. The summed E-state index contributed by atoms with van der Waals surface area (Å²) in [6.45, 7) is 0. The Balaban J connectivity index is 2.20. The second-order valence-corrected chi connectivity index (χ2v) is 6.12. The number of benzene rings is 1. The molecule has 0 amide bonds. The molecule has 2 N–H and O–H groups in total. The molecule has 0 aliphatic carbocycles. The van der Waals surface area contributed by atoms with Crippen molar-refractivity contribution in [3.8, 4) is 0 Å². The third kappa shape index (κ3) is 3.32. The first-order valence-electron chi connectivity index (χ1n) is 5.22. The van der Waals surface area contributed by atoms with Crippen molar-refractivity contribution in [2.75, 3.05) is 0 Å². The van der Waals surface area contributed by atoms with Crippen molar-refractivity contribution in [2.24, 2.45) is 5.14 Å². The Morgan fingerprint density at radius 1 is 1.11 bits per heavy atom. The molecule has 0 aliphatic heterocycles. The van der Waals surface area contributed by atoms with Gasteiger partial charge in [0.2, 0.25) is 10.0 Å². The molecule has 1 aromatic carbocycles. The number of pyridine rings is 1. The Kier molecular flexibility index (Phi) is 4.00. The van der Waals surface area contributed by atoms with Crippen LogP contribution in [0, 0.1) is 0 Å². The average Bonchev–Trinajstić information content (AvgIpc) is 2.37. The largest absolute Gasteiger partial charge is 0.249 e. The van der Waals surface area contributed by atoms with Gasteiger partial charge in [0.15, 0.2) is 0 Å². The van der Waals surface area contributed by atoms with Crippen molar-refractivity contribution >= 4 is 21.8 Å². The lowest BCUT2D eigenvalue weighted by molar-refractivity contribution is 0.594. The quantitative estimate of drug-likeness (QED) is 0.870. The van der Waals surface area contributed by atoms with Gasteiger partial charge in [-0.15, -0.1) is 11.8 Å². The van der Waals surface area contributed by atoms with Crippen LogP contribution in [-0.4, -0.2) is 13.4 Å². The van der Waals surface area contributed by atoms with Gasteiger partial charge in [0.1, 0.15) is 9.92 Å². The van der Waals surface area contributed by atoms with Gasteiger partial charge in [-0.3, -0.25) is 0 Å². The highest BCUT2D eigenvalue weighted by molar-refractivity contribution is 7.99. The smallest absolute Gasteiger partial charge is 0.240 e. The van der Waals surface area contributed by atoms with Crippen LogP contribution in [-0.2, 0) is 15.8 Å². The first-order valence-corrected chi connectivity index (χ1v) is 7.75. The van der Waals surface area contributed by atoms with Crippen LogP contribution < -0.4 is 5.14 Å². The first-order chi connectivity index (χ1) is 8.57. The molecule has 0 spiro atoms. The lowest BCUT2D eigenvalue weighted by Gasteiger charge is -2.05. The second kappa shape index (κ2) is 5.51. The molecule has 0 unspecified atom stereocenters. The van der Waals surface area contributed by atoms with E-state index in [1.165, 1.54) is 17.8 Å². The van der Waals surface area contributed by atoms with E-state index in [2.05, 4.69) is 4.98 Å². The normalized spacial score (nSPS) is 11.4. The fourth-order valence-electron chi connectivity index (χ4n) is 1.43. The molecule has 18 heavy (non-hydrogen) atoms. The van der Waals surface area contributed by atoms with Crippen molar-refractivity contribution in [1.82, 2.24) is 4.98 Å². The second-order valence-electron chi connectivity index (χ2n) is 3.63. The van der Waals surface area contributed by atoms with E-state index in [-0.39, 0.29) is 4.90 Å². The zero-order valence-corrected chi connectivity index (χ0v) is 11.1. The molecule has 2 rings (SSSR count). The summed E-state index contributed by atoms with van der Waals surface area (Å²) in [6, 6.07) is 12.8. The van der Waals surface area contributed by atoms with E-state index in [0.717, 1.165) is 5.56 Å². The lowest BCUT2D eigenvalue weighted by atomic mass is 10.2. The van der Waals surface area contributed by atoms with Crippen LogP contribution >= 0.6 is 11.8 Å². The summed E-state index contributed by atoms with van der Waals surface area (Å²) in [5.41, 5.74) is 1.11. The van der Waals surface area contributed by atoms with Crippen LogP contribution in [0.1, 0.15) is 5.56 Å². The summed E-state index contributed by atoms with van der Waals surface area (Å²) in [5, 5.41) is 5.58. The average molecular weight is 280 g/mol. The van der Waals surface area contributed by atoms with Crippen LogP contribution in [0.5, 0.6) is 0 Å². The standard InChI is InChI=1S/C12H12N2O2S2/c13-18(15,16)11-7-4-8-14-12(11)17-9-10-5-2-1-3-6-10/h1-8H,9H2,(H2,13,15,16). The fraction of sp³-hybridized carbons (Fsp3) is 0.0833. The van der Waals surface area contributed by atoms with Crippen molar-refractivity contribution < 1.29 is 8.42 Å². The summed E-state index contributed by atoms with van der Waals surface area (Å²) in [5.74, 6) is 0.653. The van der Waals surface area contributed by atoms with Gasteiger partial charge >= 0.3 is 0 Å². The molecule has 94 valence electrons. The van der Waals surface area contributed by atoms with E-state index < -0.39 is 10.0 Å². The number of nitrogens with two attached hydrogens (primary N) is 1. The summed E-state index contributed by atoms with van der Waals surface area (Å²) in [6.07, 6.45) is 1.56. The minimum atomic E-state index is -3.72. The number of hydrogen-bond acceptors (Lipinski definition) is 4.